The monoisotopic (exact) mass is 299 g/mol. The van der Waals surface area contributed by atoms with E-state index in [2.05, 4.69) is 15.4 Å². The lowest BCUT2D eigenvalue weighted by molar-refractivity contribution is 0.581. The summed E-state index contributed by atoms with van der Waals surface area (Å²) in [7, 11) is 1.73. The number of hydrogen-bond acceptors (Lipinski definition) is 4. The molecule has 0 bridgehead atoms. The molecule has 112 valence electrons. The average Bonchev–Trinajstić information content (AvgIpc) is 2.98. The van der Waals surface area contributed by atoms with Crippen molar-refractivity contribution in [3.05, 3.63) is 51.8 Å². The Morgan fingerprint density at radius 3 is 2.95 bits per heavy atom. The minimum atomic E-state index is -0.401. The lowest BCUT2D eigenvalue weighted by Crippen LogP contribution is -2.35. The highest BCUT2D eigenvalue weighted by molar-refractivity contribution is 5.61. The third-order valence-corrected chi connectivity index (χ3v) is 4.05. The van der Waals surface area contributed by atoms with Crippen LogP contribution in [0.1, 0.15) is 11.3 Å². The smallest absolute Gasteiger partial charge is 0.312 e. The maximum atomic E-state index is 13.9. The Balaban J connectivity index is 2.04. The lowest BCUT2D eigenvalue weighted by atomic mass is 10.1. The molecular weight excluding hydrogens is 285 g/mol. The Morgan fingerprint density at radius 2 is 2.14 bits per heavy atom. The van der Waals surface area contributed by atoms with Gasteiger partial charge in [-0.05, 0) is 12.1 Å². The van der Waals surface area contributed by atoms with Gasteiger partial charge in [0, 0.05) is 37.8 Å². The fourth-order valence-electron chi connectivity index (χ4n) is 2.91. The highest BCUT2D eigenvalue weighted by Crippen LogP contribution is 2.22. The first-order valence-electron chi connectivity index (χ1n) is 7.10. The van der Waals surface area contributed by atoms with Crippen LogP contribution >= 0.6 is 0 Å². The summed E-state index contributed by atoms with van der Waals surface area (Å²) in [5.74, 6) is -0.170. The molecule has 3 aromatic rings. The van der Waals surface area contributed by atoms with Crippen LogP contribution in [0.25, 0.3) is 17.0 Å². The molecular formula is C15H14FN5O. The van der Waals surface area contributed by atoms with Crippen molar-refractivity contribution in [2.24, 2.45) is 7.05 Å². The summed E-state index contributed by atoms with van der Waals surface area (Å²) in [6.45, 7) is 1.45. The largest absolute Gasteiger partial charge is 0.350 e. The van der Waals surface area contributed by atoms with Crippen LogP contribution in [0.3, 0.4) is 0 Å². The molecule has 0 saturated carbocycles. The van der Waals surface area contributed by atoms with Gasteiger partial charge in [0.25, 0.3) is 0 Å². The van der Waals surface area contributed by atoms with Crippen LogP contribution in [0.5, 0.6) is 0 Å². The number of nitrogens with zero attached hydrogens (tertiary/aromatic N) is 4. The predicted octanol–water partition coefficient (Wildman–Crippen LogP) is 0.880. The molecule has 3 heterocycles. The number of benzene rings is 1. The summed E-state index contributed by atoms with van der Waals surface area (Å²) in [4.78, 5) is 16.9. The van der Waals surface area contributed by atoms with Crippen LogP contribution < -0.4 is 11.0 Å². The molecule has 7 heteroatoms. The fraction of sp³-hybridized carbons (Fsp3) is 0.267. The summed E-state index contributed by atoms with van der Waals surface area (Å²) in [6.07, 6.45) is 0.763. The van der Waals surface area contributed by atoms with E-state index in [1.54, 1.807) is 29.8 Å². The SMILES string of the molecule is Cn1c2c(c3nc(-c4ccccc4F)nn3c1=O)CNCC2. The molecule has 0 spiro atoms. The quantitative estimate of drug-likeness (QED) is 0.724. The van der Waals surface area contributed by atoms with Gasteiger partial charge in [0.2, 0.25) is 0 Å². The van der Waals surface area contributed by atoms with Crippen molar-refractivity contribution >= 4 is 5.65 Å². The van der Waals surface area contributed by atoms with Crippen LogP contribution in [0.2, 0.25) is 0 Å². The normalized spacial score (nSPS) is 14.3. The van der Waals surface area contributed by atoms with E-state index in [4.69, 9.17) is 0 Å². The average molecular weight is 299 g/mol. The molecule has 1 N–H and O–H groups in total. The van der Waals surface area contributed by atoms with E-state index in [1.807, 2.05) is 0 Å². The topological polar surface area (TPSA) is 64.2 Å². The van der Waals surface area contributed by atoms with Crippen LogP contribution in [0.15, 0.2) is 29.1 Å². The number of aromatic nitrogens is 4. The van der Waals surface area contributed by atoms with Crippen LogP contribution in [-0.2, 0) is 20.0 Å². The van der Waals surface area contributed by atoms with E-state index in [0.29, 0.717) is 17.8 Å². The van der Waals surface area contributed by atoms with Gasteiger partial charge < -0.3 is 5.32 Å². The molecule has 0 saturated heterocycles. The molecule has 4 rings (SSSR count). The highest BCUT2D eigenvalue weighted by atomic mass is 19.1. The first-order chi connectivity index (χ1) is 10.7. The van der Waals surface area contributed by atoms with Gasteiger partial charge in [0.1, 0.15) is 5.82 Å². The van der Waals surface area contributed by atoms with Crippen molar-refractivity contribution in [3.8, 4) is 11.4 Å². The Labute approximate surface area is 125 Å². The van der Waals surface area contributed by atoms with E-state index in [-0.39, 0.29) is 11.5 Å². The zero-order valence-electron chi connectivity index (χ0n) is 12.0. The van der Waals surface area contributed by atoms with Crippen molar-refractivity contribution in [2.75, 3.05) is 6.54 Å². The van der Waals surface area contributed by atoms with Gasteiger partial charge in [0.15, 0.2) is 11.5 Å². The van der Waals surface area contributed by atoms with Crippen molar-refractivity contribution in [1.29, 1.82) is 0 Å². The third-order valence-electron chi connectivity index (χ3n) is 4.05. The molecule has 1 aliphatic rings. The van der Waals surface area contributed by atoms with Crippen LogP contribution in [-0.4, -0.2) is 25.7 Å². The van der Waals surface area contributed by atoms with Gasteiger partial charge in [-0.15, -0.1) is 5.10 Å². The standard InChI is InChI=1S/C15H14FN5O/c1-20-12-6-7-17-8-10(12)14-18-13(19-21(14)15(20)22)9-4-2-3-5-11(9)16/h2-5,17H,6-8H2,1H3. The molecule has 0 aliphatic carbocycles. The maximum Gasteiger partial charge on any atom is 0.350 e. The van der Waals surface area contributed by atoms with Gasteiger partial charge >= 0.3 is 5.69 Å². The fourth-order valence-corrected chi connectivity index (χ4v) is 2.91. The Bertz CT molecular complexity index is 943. The Hall–Kier alpha value is -2.54. The molecule has 0 radical (unpaired) electrons. The van der Waals surface area contributed by atoms with Crippen LogP contribution in [0, 0.1) is 5.82 Å². The molecule has 0 fully saturated rings. The van der Waals surface area contributed by atoms with Gasteiger partial charge in [-0.1, -0.05) is 12.1 Å². The van der Waals surface area contributed by atoms with Crippen LogP contribution in [0.4, 0.5) is 4.39 Å². The van der Waals surface area contributed by atoms with Crippen molar-refractivity contribution in [3.63, 3.8) is 0 Å². The molecule has 0 amide bonds. The molecule has 0 atom stereocenters. The first kappa shape index (κ1) is 13.1. The summed E-state index contributed by atoms with van der Waals surface area (Å²) in [6, 6.07) is 6.30. The summed E-state index contributed by atoms with van der Waals surface area (Å²) < 4.78 is 16.8. The summed E-state index contributed by atoms with van der Waals surface area (Å²) in [5.41, 5.74) is 2.45. The lowest BCUT2D eigenvalue weighted by Gasteiger charge is -2.19. The second-order valence-corrected chi connectivity index (χ2v) is 5.34. The predicted molar refractivity (Wildman–Crippen MR) is 79.0 cm³/mol. The number of nitrogens with one attached hydrogen (secondary N) is 1. The van der Waals surface area contributed by atoms with E-state index in [1.165, 1.54) is 10.6 Å². The second kappa shape index (κ2) is 4.74. The molecule has 2 aromatic heterocycles. The maximum absolute atomic E-state index is 13.9. The highest BCUT2D eigenvalue weighted by Gasteiger charge is 2.21. The van der Waals surface area contributed by atoms with E-state index in [0.717, 1.165) is 24.2 Å². The number of hydrogen-bond donors (Lipinski definition) is 1. The van der Waals surface area contributed by atoms with Crippen molar-refractivity contribution < 1.29 is 4.39 Å². The van der Waals surface area contributed by atoms with Gasteiger partial charge in [-0.25, -0.2) is 14.2 Å². The molecule has 1 aromatic carbocycles. The molecule has 1 aliphatic heterocycles. The number of rotatable bonds is 1. The Kier molecular flexibility index (Phi) is 2.83. The minimum absolute atomic E-state index is 0.231. The molecule has 22 heavy (non-hydrogen) atoms. The zero-order valence-corrected chi connectivity index (χ0v) is 12.0. The first-order valence-corrected chi connectivity index (χ1v) is 7.10. The third kappa shape index (κ3) is 1.79. The molecule has 0 unspecified atom stereocenters. The zero-order chi connectivity index (χ0) is 15.3. The van der Waals surface area contributed by atoms with Gasteiger partial charge in [-0.3, -0.25) is 4.57 Å². The van der Waals surface area contributed by atoms with E-state index >= 15 is 0 Å². The van der Waals surface area contributed by atoms with Crippen molar-refractivity contribution in [1.82, 2.24) is 24.5 Å². The van der Waals surface area contributed by atoms with E-state index < -0.39 is 5.82 Å². The van der Waals surface area contributed by atoms with E-state index in [9.17, 15) is 9.18 Å². The number of fused-ring (bicyclic) bond motifs is 3. The number of halogens is 1. The second-order valence-electron chi connectivity index (χ2n) is 5.34. The van der Waals surface area contributed by atoms with Gasteiger partial charge in [-0.2, -0.15) is 4.52 Å². The van der Waals surface area contributed by atoms with Gasteiger partial charge in [0.05, 0.1) is 5.56 Å². The minimum Gasteiger partial charge on any atom is -0.312 e. The Morgan fingerprint density at radius 1 is 1.32 bits per heavy atom. The molecule has 6 nitrogen and oxygen atoms in total. The summed E-state index contributed by atoms with van der Waals surface area (Å²) >= 11 is 0. The summed E-state index contributed by atoms with van der Waals surface area (Å²) in [5, 5.41) is 7.49. The van der Waals surface area contributed by atoms with Crippen molar-refractivity contribution in [2.45, 2.75) is 13.0 Å².